The summed E-state index contributed by atoms with van der Waals surface area (Å²) in [6.45, 7) is 0. The maximum atomic E-state index is 13.5. The number of ether oxygens (including phenoxy) is 1. The second-order valence-corrected chi connectivity index (χ2v) is 3.39. The van der Waals surface area contributed by atoms with Crippen molar-refractivity contribution in [2.45, 2.75) is 0 Å². The van der Waals surface area contributed by atoms with E-state index in [1.807, 2.05) is 0 Å². The SMILES string of the molecule is Nc1ccc(Oc2ccncc2[N+](=O)[O-])c(F)c1. The standard InChI is InChI=1S/C11H8FN3O3/c12-8-5-7(13)1-2-10(8)18-11-3-4-14-6-9(11)15(16)17/h1-6H,13H2. The first-order valence-electron chi connectivity index (χ1n) is 4.89. The number of nitro groups is 1. The third kappa shape index (κ3) is 2.34. The summed E-state index contributed by atoms with van der Waals surface area (Å²) in [5, 5.41) is 10.7. The Morgan fingerprint density at radius 2 is 2.11 bits per heavy atom. The normalized spacial score (nSPS) is 10.1. The monoisotopic (exact) mass is 249 g/mol. The van der Waals surface area contributed by atoms with Gasteiger partial charge in [-0.05, 0) is 12.1 Å². The van der Waals surface area contributed by atoms with Crippen LogP contribution in [-0.4, -0.2) is 9.91 Å². The van der Waals surface area contributed by atoms with E-state index in [0.717, 1.165) is 12.3 Å². The predicted molar refractivity (Wildman–Crippen MR) is 61.8 cm³/mol. The van der Waals surface area contributed by atoms with Crippen LogP contribution in [0, 0.1) is 15.9 Å². The first-order valence-corrected chi connectivity index (χ1v) is 4.89. The molecule has 0 radical (unpaired) electrons. The summed E-state index contributed by atoms with van der Waals surface area (Å²) < 4.78 is 18.6. The lowest BCUT2D eigenvalue weighted by Gasteiger charge is -2.07. The molecule has 0 fully saturated rings. The van der Waals surface area contributed by atoms with Crippen molar-refractivity contribution in [3.63, 3.8) is 0 Å². The number of benzene rings is 1. The number of pyridine rings is 1. The van der Waals surface area contributed by atoms with E-state index in [-0.39, 0.29) is 22.9 Å². The zero-order valence-electron chi connectivity index (χ0n) is 9.04. The Hall–Kier alpha value is -2.70. The van der Waals surface area contributed by atoms with E-state index < -0.39 is 10.7 Å². The molecule has 92 valence electrons. The smallest absolute Gasteiger partial charge is 0.329 e. The molecule has 7 heteroatoms. The van der Waals surface area contributed by atoms with Gasteiger partial charge in [-0.25, -0.2) is 4.39 Å². The number of nitrogen functional groups attached to an aromatic ring is 1. The molecule has 1 aromatic carbocycles. The topological polar surface area (TPSA) is 91.3 Å². The van der Waals surface area contributed by atoms with Crippen LogP contribution >= 0.6 is 0 Å². The van der Waals surface area contributed by atoms with Crippen LogP contribution in [0.15, 0.2) is 36.7 Å². The van der Waals surface area contributed by atoms with Crippen molar-refractivity contribution in [1.29, 1.82) is 0 Å². The molecule has 6 nitrogen and oxygen atoms in total. The molecule has 0 saturated heterocycles. The third-order valence-corrected chi connectivity index (χ3v) is 2.13. The van der Waals surface area contributed by atoms with E-state index in [1.54, 1.807) is 0 Å². The summed E-state index contributed by atoms with van der Waals surface area (Å²) in [7, 11) is 0. The van der Waals surface area contributed by atoms with Gasteiger partial charge in [-0.3, -0.25) is 15.1 Å². The molecule has 0 amide bonds. The van der Waals surface area contributed by atoms with Crippen molar-refractivity contribution >= 4 is 11.4 Å². The largest absolute Gasteiger partial charge is 0.447 e. The highest BCUT2D eigenvalue weighted by atomic mass is 19.1. The Bertz CT molecular complexity index is 604. The number of hydrogen-bond donors (Lipinski definition) is 1. The third-order valence-electron chi connectivity index (χ3n) is 2.13. The molecular formula is C11H8FN3O3. The number of nitrogens with two attached hydrogens (primary N) is 1. The van der Waals surface area contributed by atoms with Gasteiger partial charge in [0.05, 0.1) is 4.92 Å². The van der Waals surface area contributed by atoms with Gasteiger partial charge >= 0.3 is 5.69 Å². The quantitative estimate of drug-likeness (QED) is 0.512. The Labute approximate surface area is 101 Å². The fourth-order valence-corrected chi connectivity index (χ4v) is 1.32. The minimum Gasteiger partial charge on any atom is -0.447 e. The zero-order valence-corrected chi connectivity index (χ0v) is 9.04. The molecule has 0 unspecified atom stereocenters. The molecule has 0 bridgehead atoms. The van der Waals surface area contributed by atoms with Crippen LogP contribution in [0.5, 0.6) is 11.5 Å². The van der Waals surface area contributed by atoms with Gasteiger partial charge in [-0.1, -0.05) is 0 Å². The van der Waals surface area contributed by atoms with Gasteiger partial charge < -0.3 is 10.5 Å². The minimum absolute atomic E-state index is 0.0846. The summed E-state index contributed by atoms with van der Waals surface area (Å²) in [5.41, 5.74) is 5.29. The highest BCUT2D eigenvalue weighted by Crippen LogP contribution is 2.31. The van der Waals surface area contributed by atoms with Gasteiger partial charge in [-0.2, -0.15) is 0 Å². The van der Waals surface area contributed by atoms with Crippen LogP contribution in [0.2, 0.25) is 0 Å². The minimum atomic E-state index is -0.693. The fourth-order valence-electron chi connectivity index (χ4n) is 1.32. The molecule has 0 saturated carbocycles. The van der Waals surface area contributed by atoms with Crippen LogP contribution < -0.4 is 10.5 Å². The van der Waals surface area contributed by atoms with Gasteiger partial charge in [0, 0.05) is 24.0 Å². The Kier molecular flexibility index (Phi) is 3.05. The van der Waals surface area contributed by atoms with Crippen molar-refractivity contribution in [1.82, 2.24) is 4.98 Å². The number of anilines is 1. The van der Waals surface area contributed by atoms with Gasteiger partial charge in [-0.15, -0.1) is 0 Å². The summed E-state index contributed by atoms with van der Waals surface area (Å²) >= 11 is 0. The highest BCUT2D eigenvalue weighted by molar-refractivity contribution is 5.48. The Morgan fingerprint density at radius 1 is 1.33 bits per heavy atom. The predicted octanol–water partition coefficient (Wildman–Crippen LogP) is 2.50. The molecule has 0 spiro atoms. The van der Waals surface area contributed by atoms with E-state index in [9.17, 15) is 14.5 Å². The van der Waals surface area contributed by atoms with Gasteiger partial charge in [0.15, 0.2) is 11.6 Å². The Balaban J connectivity index is 2.37. The van der Waals surface area contributed by atoms with Crippen LogP contribution in [0.3, 0.4) is 0 Å². The first-order chi connectivity index (χ1) is 8.58. The lowest BCUT2D eigenvalue weighted by Crippen LogP contribution is -1.96. The van der Waals surface area contributed by atoms with Crippen molar-refractivity contribution < 1.29 is 14.1 Å². The van der Waals surface area contributed by atoms with E-state index in [0.29, 0.717) is 0 Å². The van der Waals surface area contributed by atoms with Crippen LogP contribution in [0.4, 0.5) is 15.8 Å². The number of rotatable bonds is 3. The molecule has 2 N–H and O–H groups in total. The molecular weight excluding hydrogens is 241 g/mol. The average molecular weight is 249 g/mol. The van der Waals surface area contributed by atoms with E-state index in [2.05, 4.69) is 4.98 Å². The average Bonchev–Trinajstić information content (AvgIpc) is 2.33. The first kappa shape index (κ1) is 11.8. The van der Waals surface area contributed by atoms with E-state index in [4.69, 9.17) is 10.5 Å². The number of nitrogens with zero attached hydrogens (tertiary/aromatic N) is 2. The van der Waals surface area contributed by atoms with Crippen LogP contribution in [0.25, 0.3) is 0 Å². The molecule has 0 atom stereocenters. The van der Waals surface area contributed by atoms with Crippen LogP contribution in [0.1, 0.15) is 0 Å². The van der Waals surface area contributed by atoms with E-state index in [1.165, 1.54) is 24.4 Å². The van der Waals surface area contributed by atoms with Gasteiger partial charge in [0.1, 0.15) is 6.20 Å². The van der Waals surface area contributed by atoms with Crippen molar-refractivity contribution in [3.05, 3.63) is 52.6 Å². The molecule has 0 aliphatic carbocycles. The number of halogens is 1. The van der Waals surface area contributed by atoms with Crippen molar-refractivity contribution in [2.75, 3.05) is 5.73 Å². The van der Waals surface area contributed by atoms with Crippen LogP contribution in [-0.2, 0) is 0 Å². The van der Waals surface area contributed by atoms with Gasteiger partial charge in [0.25, 0.3) is 0 Å². The lowest BCUT2D eigenvalue weighted by molar-refractivity contribution is -0.386. The molecule has 18 heavy (non-hydrogen) atoms. The summed E-state index contributed by atoms with van der Waals surface area (Å²) in [5.74, 6) is -0.918. The second-order valence-electron chi connectivity index (χ2n) is 3.39. The second kappa shape index (κ2) is 4.66. The summed E-state index contributed by atoms with van der Waals surface area (Å²) in [6, 6.07) is 5.09. The highest BCUT2D eigenvalue weighted by Gasteiger charge is 2.16. The summed E-state index contributed by atoms with van der Waals surface area (Å²) in [4.78, 5) is 13.7. The van der Waals surface area contributed by atoms with Crippen molar-refractivity contribution in [2.24, 2.45) is 0 Å². The maximum Gasteiger partial charge on any atom is 0.329 e. The molecule has 0 aliphatic heterocycles. The molecule has 1 aromatic heterocycles. The lowest BCUT2D eigenvalue weighted by atomic mass is 10.3. The Morgan fingerprint density at radius 3 is 2.78 bits per heavy atom. The molecule has 2 aromatic rings. The molecule has 1 heterocycles. The fraction of sp³-hybridized carbons (Fsp3) is 0. The van der Waals surface area contributed by atoms with Crippen molar-refractivity contribution in [3.8, 4) is 11.5 Å². The number of aromatic nitrogens is 1. The van der Waals surface area contributed by atoms with E-state index >= 15 is 0 Å². The molecule has 2 rings (SSSR count). The maximum absolute atomic E-state index is 13.5. The van der Waals surface area contributed by atoms with Gasteiger partial charge in [0.2, 0.25) is 5.75 Å². The summed E-state index contributed by atoms with van der Waals surface area (Å²) in [6.07, 6.45) is 2.35. The molecule has 0 aliphatic rings. The zero-order chi connectivity index (χ0) is 13.1. The number of hydrogen-bond acceptors (Lipinski definition) is 5.